The topological polar surface area (TPSA) is 41.9 Å². The van der Waals surface area contributed by atoms with Gasteiger partial charge in [0.25, 0.3) is 0 Å². The molecule has 4 heteroatoms. The van der Waals surface area contributed by atoms with Gasteiger partial charge < -0.3 is 14.6 Å². The van der Waals surface area contributed by atoms with E-state index in [4.69, 9.17) is 9.47 Å². The van der Waals surface area contributed by atoms with Gasteiger partial charge in [0.1, 0.15) is 0 Å². The molecular formula is C14H21NO3. The first-order chi connectivity index (χ1) is 8.79. The summed E-state index contributed by atoms with van der Waals surface area (Å²) in [5.41, 5.74) is -0.213. The van der Waals surface area contributed by atoms with Gasteiger partial charge in [0.15, 0.2) is 5.79 Å². The fourth-order valence-corrected chi connectivity index (χ4v) is 3.18. The number of piperidine rings is 1. The highest BCUT2D eigenvalue weighted by atomic mass is 16.7. The van der Waals surface area contributed by atoms with Crippen LogP contribution in [0.5, 0.6) is 0 Å². The minimum absolute atomic E-state index is 0.169. The second-order valence-corrected chi connectivity index (χ2v) is 5.35. The Kier molecular flexibility index (Phi) is 3.28. The van der Waals surface area contributed by atoms with E-state index in [0.29, 0.717) is 13.2 Å². The van der Waals surface area contributed by atoms with Crippen LogP contribution in [0, 0.1) is 0 Å². The van der Waals surface area contributed by atoms with Crippen LogP contribution >= 0.6 is 0 Å². The van der Waals surface area contributed by atoms with Gasteiger partial charge in [0.05, 0.1) is 25.4 Å². The van der Waals surface area contributed by atoms with Crippen LogP contribution in [0.3, 0.4) is 0 Å². The molecule has 2 saturated heterocycles. The van der Waals surface area contributed by atoms with Crippen LogP contribution < -0.4 is 0 Å². The SMILES string of the molecule is OCC1(N2CCC3(CC2)OCCO3)C=CC=CC1. The first-order valence-corrected chi connectivity index (χ1v) is 6.77. The van der Waals surface area contributed by atoms with Crippen molar-refractivity contribution in [3.8, 4) is 0 Å². The molecule has 2 aliphatic heterocycles. The Morgan fingerprint density at radius 2 is 1.83 bits per heavy atom. The molecule has 1 spiro atoms. The van der Waals surface area contributed by atoms with Gasteiger partial charge >= 0.3 is 0 Å². The lowest BCUT2D eigenvalue weighted by molar-refractivity contribution is -0.192. The van der Waals surface area contributed by atoms with Gasteiger partial charge in [-0.15, -0.1) is 0 Å². The summed E-state index contributed by atoms with van der Waals surface area (Å²) in [5.74, 6) is -0.332. The van der Waals surface area contributed by atoms with Crippen molar-refractivity contribution in [2.75, 3.05) is 32.9 Å². The van der Waals surface area contributed by atoms with Crippen molar-refractivity contribution in [1.29, 1.82) is 0 Å². The highest BCUT2D eigenvalue weighted by Gasteiger charge is 2.44. The summed E-state index contributed by atoms with van der Waals surface area (Å²) in [6.07, 6.45) is 11.0. The predicted molar refractivity (Wildman–Crippen MR) is 68.2 cm³/mol. The van der Waals surface area contributed by atoms with Crippen LogP contribution in [-0.4, -0.2) is 54.2 Å². The summed E-state index contributed by atoms with van der Waals surface area (Å²) < 4.78 is 11.5. The molecule has 1 aliphatic carbocycles. The normalized spacial score (nSPS) is 35.4. The molecule has 0 aromatic rings. The zero-order chi connectivity index (χ0) is 12.5. The monoisotopic (exact) mass is 251 g/mol. The number of hydrogen-bond acceptors (Lipinski definition) is 4. The van der Waals surface area contributed by atoms with E-state index in [1.807, 2.05) is 12.2 Å². The number of likely N-dealkylation sites (tertiary alicyclic amines) is 1. The standard InChI is InChI=1S/C14H21NO3/c16-12-13(4-2-1-3-5-13)15-8-6-14(7-9-15)17-10-11-18-14/h1-4,16H,5-12H2. The van der Waals surface area contributed by atoms with Crippen LogP contribution in [0.2, 0.25) is 0 Å². The number of aliphatic hydroxyl groups excluding tert-OH is 1. The van der Waals surface area contributed by atoms with E-state index in [9.17, 15) is 5.11 Å². The Morgan fingerprint density at radius 3 is 2.39 bits per heavy atom. The molecule has 2 fully saturated rings. The van der Waals surface area contributed by atoms with Gasteiger partial charge in [-0.2, -0.15) is 0 Å². The Balaban J connectivity index is 1.68. The average molecular weight is 251 g/mol. The molecule has 0 amide bonds. The highest BCUT2D eigenvalue weighted by Crippen LogP contribution is 2.36. The second kappa shape index (κ2) is 4.78. The van der Waals surface area contributed by atoms with Gasteiger partial charge in [-0.05, 0) is 6.42 Å². The maximum Gasteiger partial charge on any atom is 0.170 e. The molecule has 1 unspecified atom stereocenters. The van der Waals surface area contributed by atoms with Crippen LogP contribution in [0.25, 0.3) is 0 Å². The van der Waals surface area contributed by atoms with Crippen molar-refractivity contribution in [2.45, 2.75) is 30.6 Å². The van der Waals surface area contributed by atoms with E-state index in [0.717, 1.165) is 32.4 Å². The summed E-state index contributed by atoms with van der Waals surface area (Å²) in [6, 6.07) is 0. The van der Waals surface area contributed by atoms with Crippen LogP contribution in [-0.2, 0) is 9.47 Å². The van der Waals surface area contributed by atoms with E-state index in [1.54, 1.807) is 0 Å². The highest BCUT2D eigenvalue weighted by molar-refractivity contribution is 5.22. The molecule has 0 aromatic carbocycles. The average Bonchev–Trinajstić information content (AvgIpc) is 2.89. The molecule has 0 aromatic heterocycles. The third-order valence-electron chi connectivity index (χ3n) is 4.37. The smallest absolute Gasteiger partial charge is 0.170 e. The van der Waals surface area contributed by atoms with E-state index >= 15 is 0 Å². The van der Waals surface area contributed by atoms with Crippen molar-refractivity contribution in [2.24, 2.45) is 0 Å². The zero-order valence-corrected chi connectivity index (χ0v) is 10.7. The number of allylic oxidation sites excluding steroid dienone is 2. The quantitative estimate of drug-likeness (QED) is 0.797. The number of rotatable bonds is 2. The molecule has 0 radical (unpaired) electrons. The molecule has 2 heterocycles. The summed E-state index contributed by atoms with van der Waals surface area (Å²) >= 11 is 0. The van der Waals surface area contributed by atoms with Crippen molar-refractivity contribution in [1.82, 2.24) is 4.90 Å². The molecular weight excluding hydrogens is 230 g/mol. The van der Waals surface area contributed by atoms with E-state index < -0.39 is 0 Å². The van der Waals surface area contributed by atoms with Crippen LogP contribution in [0.1, 0.15) is 19.3 Å². The van der Waals surface area contributed by atoms with Crippen LogP contribution in [0.15, 0.2) is 24.3 Å². The van der Waals surface area contributed by atoms with E-state index in [2.05, 4.69) is 17.1 Å². The lowest BCUT2D eigenvalue weighted by Gasteiger charge is -2.47. The molecule has 1 atom stereocenters. The van der Waals surface area contributed by atoms with Crippen molar-refractivity contribution < 1.29 is 14.6 Å². The maximum atomic E-state index is 9.76. The lowest BCUT2D eigenvalue weighted by Crippen LogP contribution is -2.56. The molecule has 3 aliphatic rings. The molecule has 4 nitrogen and oxygen atoms in total. The third kappa shape index (κ3) is 2.03. The number of hydrogen-bond donors (Lipinski definition) is 1. The van der Waals surface area contributed by atoms with Crippen molar-refractivity contribution >= 4 is 0 Å². The summed E-state index contributed by atoms with van der Waals surface area (Å²) in [5, 5.41) is 9.76. The predicted octanol–water partition coefficient (Wildman–Crippen LogP) is 1.07. The molecule has 100 valence electrons. The fourth-order valence-electron chi connectivity index (χ4n) is 3.18. The van der Waals surface area contributed by atoms with E-state index in [1.165, 1.54) is 0 Å². The number of aliphatic hydroxyl groups is 1. The largest absolute Gasteiger partial charge is 0.394 e. The fraction of sp³-hybridized carbons (Fsp3) is 0.714. The van der Waals surface area contributed by atoms with Crippen molar-refractivity contribution in [3.63, 3.8) is 0 Å². The Hall–Kier alpha value is -0.680. The van der Waals surface area contributed by atoms with Crippen LogP contribution in [0.4, 0.5) is 0 Å². The van der Waals surface area contributed by atoms with Gasteiger partial charge in [0, 0.05) is 25.9 Å². The lowest BCUT2D eigenvalue weighted by atomic mass is 9.87. The Bertz CT molecular complexity index is 350. The van der Waals surface area contributed by atoms with E-state index in [-0.39, 0.29) is 17.9 Å². The number of ether oxygens (including phenoxy) is 2. The maximum absolute atomic E-state index is 9.76. The molecule has 18 heavy (non-hydrogen) atoms. The molecule has 3 rings (SSSR count). The Morgan fingerprint density at radius 1 is 1.11 bits per heavy atom. The summed E-state index contributed by atoms with van der Waals surface area (Å²) in [4.78, 5) is 2.36. The molecule has 1 N–H and O–H groups in total. The second-order valence-electron chi connectivity index (χ2n) is 5.35. The molecule has 0 bridgehead atoms. The zero-order valence-electron chi connectivity index (χ0n) is 10.7. The third-order valence-corrected chi connectivity index (χ3v) is 4.37. The summed E-state index contributed by atoms with van der Waals surface area (Å²) in [7, 11) is 0. The number of nitrogens with zero attached hydrogens (tertiary/aromatic N) is 1. The van der Waals surface area contributed by atoms with Gasteiger partial charge in [0.2, 0.25) is 0 Å². The minimum atomic E-state index is -0.332. The first kappa shape index (κ1) is 12.4. The van der Waals surface area contributed by atoms with Gasteiger partial charge in [-0.1, -0.05) is 24.3 Å². The first-order valence-electron chi connectivity index (χ1n) is 6.77. The minimum Gasteiger partial charge on any atom is -0.394 e. The van der Waals surface area contributed by atoms with Gasteiger partial charge in [-0.25, -0.2) is 0 Å². The molecule has 0 saturated carbocycles. The van der Waals surface area contributed by atoms with Gasteiger partial charge in [-0.3, -0.25) is 4.90 Å². The summed E-state index contributed by atoms with van der Waals surface area (Å²) in [6.45, 7) is 3.43. The van der Waals surface area contributed by atoms with Crippen molar-refractivity contribution in [3.05, 3.63) is 24.3 Å². The Labute approximate surface area is 108 Å².